The maximum absolute atomic E-state index is 13.1. The van der Waals surface area contributed by atoms with E-state index >= 15 is 0 Å². The maximum Gasteiger partial charge on any atom is 0.451 e. The lowest BCUT2D eigenvalue weighted by Crippen LogP contribution is -2.16. The number of carbonyl (C=O) groups is 1. The van der Waals surface area contributed by atoms with Crippen LogP contribution in [0.5, 0.6) is 0 Å². The van der Waals surface area contributed by atoms with Crippen LogP contribution in [0.1, 0.15) is 28.7 Å². The summed E-state index contributed by atoms with van der Waals surface area (Å²) >= 11 is 1.01. The molecule has 0 saturated carbocycles. The van der Waals surface area contributed by atoms with E-state index in [1.807, 2.05) is 19.1 Å². The van der Waals surface area contributed by atoms with Gasteiger partial charge in [-0.15, -0.1) is 0 Å². The predicted octanol–water partition coefficient (Wildman–Crippen LogP) is 5.32. The molecular formula is C19H15F3N2OS. The molecule has 1 unspecified atom stereocenters. The van der Waals surface area contributed by atoms with E-state index < -0.39 is 17.3 Å². The standard InChI is InChI=1S/C19H15F3N2OS/c1-11-7-9-13(10-8-11)16(25)12(2)26-17-14-5-3-4-6-15(14)23-18(24-17)19(20,21)22/h3-10,12H,1-2H3. The van der Waals surface area contributed by atoms with Gasteiger partial charge in [0.15, 0.2) is 5.78 Å². The molecule has 3 aromatic rings. The van der Waals surface area contributed by atoms with E-state index in [1.54, 1.807) is 37.3 Å². The molecule has 3 nitrogen and oxygen atoms in total. The fourth-order valence-corrected chi connectivity index (χ4v) is 3.45. The van der Waals surface area contributed by atoms with Crippen molar-refractivity contribution < 1.29 is 18.0 Å². The van der Waals surface area contributed by atoms with Crippen LogP contribution in [0.15, 0.2) is 53.6 Å². The third kappa shape index (κ3) is 3.88. The normalized spacial score (nSPS) is 13.0. The van der Waals surface area contributed by atoms with Crippen LogP contribution in [0.2, 0.25) is 0 Å². The summed E-state index contributed by atoms with van der Waals surface area (Å²) in [7, 11) is 0. The number of rotatable bonds is 4. The SMILES string of the molecule is Cc1ccc(C(=O)C(C)Sc2nc(C(F)(F)F)nc3ccccc23)cc1. The Morgan fingerprint density at radius 2 is 1.69 bits per heavy atom. The Balaban J connectivity index is 1.96. The molecule has 0 bridgehead atoms. The number of alkyl halides is 3. The number of nitrogens with zero attached hydrogens (tertiary/aromatic N) is 2. The molecule has 1 heterocycles. The number of hydrogen-bond acceptors (Lipinski definition) is 4. The number of fused-ring (bicyclic) bond motifs is 1. The average molecular weight is 376 g/mol. The molecule has 0 saturated heterocycles. The van der Waals surface area contributed by atoms with Gasteiger partial charge in [0.2, 0.25) is 5.82 Å². The summed E-state index contributed by atoms with van der Waals surface area (Å²) in [4.78, 5) is 19.9. The summed E-state index contributed by atoms with van der Waals surface area (Å²) in [6.45, 7) is 3.58. The van der Waals surface area contributed by atoms with Crippen LogP contribution in [0.3, 0.4) is 0 Å². The third-order valence-corrected chi connectivity index (χ3v) is 4.92. The van der Waals surface area contributed by atoms with E-state index in [0.29, 0.717) is 10.9 Å². The lowest BCUT2D eigenvalue weighted by atomic mass is 10.1. The molecule has 2 aromatic carbocycles. The highest BCUT2D eigenvalue weighted by Crippen LogP contribution is 2.34. The third-order valence-electron chi connectivity index (χ3n) is 3.82. The first-order valence-corrected chi connectivity index (χ1v) is 8.75. The molecular weight excluding hydrogens is 361 g/mol. The molecule has 134 valence electrons. The van der Waals surface area contributed by atoms with E-state index in [9.17, 15) is 18.0 Å². The smallest absolute Gasteiger partial charge is 0.293 e. The molecule has 1 aromatic heterocycles. The molecule has 0 aliphatic heterocycles. The van der Waals surface area contributed by atoms with Gasteiger partial charge in [-0.3, -0.25) is 4.79 Å². The van der Waals surface area contributed by atoms with Crippen molar-refractivity contribution in [1.29, 1.82) is 0 Å². The van der Waals surface area contributed by atoms with Gasteiger partial charge in [0, 0.05) is 10.9 Å². The molecule has 0 N–H and O–H groups in total. The number of para-hydroxylation sites is 1. The van der Waals surface area contributed by atoms with Crippen molar-refractivity contribution in [3.05, 3.63) is 65.5 Å². The summed E-state index contributed by atoms with van der Waals surface area (Å²) in [5.74, 6) is -1.36. The van der Waals surface area contributed by atoms with Gasteiger partial charge < -0.3 is 0 Å². The van der Waals surface area contributed by atoms with Gasteiger partial charge in [0.1, 0.15) is 5.03 Å². The molecule has 0 amide bonds. The fraction of sp³-hybridized carbons (Fsp3) is 0.211. The Morgan fingerprint density at radius 3 is 2.35 bits per heavy atom. The zero-order chi connectivity index (χ0) is 18.9. The molecule has 0 spiro atoms. The Bertz CT molecular complexity index is 955. The highest BCUT2D eigenvalue weighted by atomic mass is 32.2. The van der Waals surface area contributed by atoms with E-state index in [0.717, 1.165) is 17.3 Å². The van der Waals surface area contributed by atoms with Gasteiger partial charge in [0.05, 0.1) is 10.8 Å². The summed E-state index contributed by atoms with van der Waals surface area (Å²) in [6.07, 6.45) is -4.65. The lowest BCUT2D eigenvalue weighted by Gasteiger charge is -2.14. The van der Waals surface area contributed by atoms with Gasteiger partial charge in [-0.1, -0.05) is 59.8 Å². The first-order chi connectivity index (χ1) is 12.3. The Labute approximate surface area is 152 Å². The van der Waals surface area contributed by atoms with Crippen LogP contribution in [0, 0.1) is 6.92 Å². The highest BCUT2D eigenvalue weighted by molar-refractivity contribution is 8.00. The summed E-state index contributed by atoms with van der Waals surface area (Å²) in [6, 6.07) is 13.6. The number of aryl methyl sites for hydroxylation is 1. The molecule has 1 atom stereocenters. The molecule has 0 aliphatic carbocycles. The van der Waals surface area contributed by atoms with Crippen LogP contribution in [0.25, 0.3) is 10.9 Å². The maximum atomic E-state index is 13.1. The molecule has 0 aliphatic rings. The van der Waals surface area contributed by atoms with Crippen molar-refractivity contribution in [3.8, 4) is 0 Å². The number of hydrogen-bond donors (Lipinski definition) is 0. The Morgan fingerprint density at radius 1 is 1.04 bits per heavy atom. The summed E-state index contributed by atoms with van der Waals surface area (Å²) in [5, 5.41) is 0.0574. The van der Waals surface area contributed by atoms with Gasteiger partial charge in [-0.05, 0) is 19.9 Å². The monoisotopic (exact) mass is 376 g/mol. The zero-order valence-corrected chi connectivity index (χ0v) is 14.9. The summed E-state index contributed by atoms with van der Waals surface area (Å²) < 4.78 is 39.3. The number of benzene rings is 2. The minimum absolute atomic E-state index is 0.149. The summed E-state index contributed by atoms with van der Waals surface area (Å²) in [5.41, 5.74) is 1.75. The number of halogens is 3. The molecule has 0 fully saturated rings. The van der Waals surface area contributed by atoms with Gasteiger partial charge in [0.25, 0.3) is 0 Å². The second kappa shape index (κ2) is 7.07. The Hall–Kier alpha value is -2.41. The van der Waals surface area contributed by atoms with Crippen molar-refractivity contribution in [3.63, 3.8) is 0 Å². The van der Waals surface area contributed by atoms with Crippen molar-refractivity contribution in [2.24, 2.45) is 0 Å². The minimum Gasteiger partial charge on any atom is -0.293 e. The van der Waals surface area contributed by atoms with Crippen molar-refractivity contribution in [2.75, 3.05) is 0 Å². The molecule has 7 heteroatoms. The number of thioether (sulfide) groups is 1. The van der Waals surface area contributed by atoms with E-state index in [1.165, 1.54) is 6.07 Å². The fourth-order valence-electron chi connectivity index (χ4n) is 2.44. The van der Waals surface area contributed by atoms with Crippen molar-refractivity contribution in [2.45, 2.75) is 30.3 Å². The second-order valence-electron chi connectivity index (χ2n) is 5.86. The first-order valence-electron chi connectivity index (χ1n) is 7.87. The molecule has 0 radical (unpaired) electrons. The van der Waals surface area contributed by atoms with Crippen molar-refractivity contribution >= 4 is 28.4 Å². The van der Waals surface area contributed by atoms with Crippen LogP contribution in [0.4, 0.5) is 13.2 Å². The van der Waals surface area contributed by atoms with E-state index in [-0.39, 0.29) is 16.3 Å². The van der Waals surface area contributed by atoms with E-state index in [4.69, 9.17) is 0 Å². The number of aromatic nitrogens is 2. The van der Waals surface area contributed by atoms with Gasteiger partial charge in [-0.25, -0.2) is 9.97 Å². The topological polar surface area (TPSA) is 42.9 Å². The molecule has 3 rings (SSSR count). The number of Topliss-reactive ketones (excluding diaryl/α,β-unsaturated/α-hetero) is 1. The van der Waals surface area contributed by atoms with Gasteiger partial charge >= 0.3 is 6.18 Å². The lowest BCUT2D eigenvalue weighted by molar-refractivity contribution is -0.145. The van der Waals surface area contributed by atoms with Crippen LogP contribution >= 0.6 is 11.8 Å². The van der Waals surface area contributed by atoms with Crippen molar-refractivity contribution in [1.82, 2.24) is 9.97 Å². The first kappa shape index (κ1) is 18.4. The van der Waals surface area contributed by atoms with Crippen LogP contribution in [-0.2, 0) is 6.18 Å². The van der Waals surface area contributed by atoms with E-state index in [2.05, 4.69) is 9.97 Å². The van der Waals surface area contributed by atoms with Crippen LogP contribution < -0.4 is 0 Å². The second-order valence-corrected chi connectivity index (χ2v) is 7.19. The zero-order valence-electron chi connectivity index (χ0n) is 14.0. The minimum atomic E-state index is -4.65. The Kier molecular flexibility index (Phi) is 5.00. The predicted molar refractivity (Wildman–Crippen MR) is 95.4 cm³/mol. The number of carbonyl (C=O) groups excluding carboxylic acids is 1. The average Bonchev–Trinajstić information content (AvgIpc) is 2.61. The number of ketones is 1. The highest BCUT2D eigenvalue weighted by Gasteiger charge is 2.36. The largest absolute Gasteiger partial charge is 0.451 e. The van der Waals surface area contributed by atoms with Gasteiger partial charge in [-0.2, -0.15) is 13.2 Å². The molecule has 26 heavy (non-hydrogen) atoms. The van der Waals surface area contributed by atoms with Crippen LogP contribution in [-0.4, -0.2) is 21.0 Å². The quantitative estimate of drug-likeness (QED) is 0.351.